The zero-order chi connectivity index (χ0) is 19.0. The fourth-order valence-electron chi connectivity index (χ4n) is 3.08. The molecule has 1 aliphatic heterocycles. The third-order valence-electron chi connectivity index (χ3n) is 4.50. The van der Waals surface area contributed by atoms with E-state index in [0.29, 0.717) is 29.8 Å². The smallest absolute Gasteiger partial charge is 0.272 e. The predicted octanol–water partition coefficient (Wildman–Crippen LogP) is 1.54. The predicted molar refractivity (Wildman–Crippen MR) is 101 cm³/mol. The average molecular weight is 403 g/mol. The molecule has 0 saturated carbocycles. The number of aromatic nitrogens is 3. The molecule has 1 saturated heterocycles. The number of hydrogen-bond acceptors (Lipinski definition) is 7. The number of benzene rings is 1. The maximum Gasteiger partial charge on any atom is 0.272 e. The highest BCUT2D eigenvalue weighted by Gasteiger charge is 2.32. The zero-order valence-corrected chi connectivity index (χ0v) is 16.2. The van der Waals surface area contributed by atoms with Gasteiger partial charge < -0.3 is 4.90 Å². The van der Waals surface area contributed by atoms with Crippen molar-refractivity contribution >= 4 is 38.7 Å². The van der Waals surface area contributed by atoms with Gasteiger partial charge in [-0.15, -0.1) is 0 Å². The van der Waals surface area contributed by atoms with Crippen molar-refractivity contribution in [2.75, 3.05) is 26.2 Å². The van der Waals surface area contributed by atoms with Gasteiger partial charge in [-0.3, -0.25) is 4.79 Å². The van der Waals surface area contributed by atoms with E-state index in [-0.39, 0.29) is 23.9 Å². The first-order chi connectivity index (χ1) is 13.0. The van der Waals surface area contributed by atoms with E-state index in [2.05, 4.69) is 13.7 Å². The number of pyridine rings is 1. The van der Waals surface area contributed by atoms with Crippen molar-refractivity contribution in [1.29, 1.82) is 0 Å². The molecular formula is C17H17N5O3S2. The molecule has 1 aliphatic rings. The highest BCUT2D eigenvalue weighted by molar-refractivity contribution is 7.89. The van der Waals surface area contributed by atoms with Crippen LogP contribution in [-0.4, -0.2) is 63.4 Å². The SMILES string of the molecule is Cc1cccc(C(=O)N2CCN(S(=O)(=O)c3cccc4nsnc34)CC2)n1. The lowest BCUT2D eigenvalue weighted by atomic mass is 10.2. The van der Waals surface area contributed by atoms with Gasteiger partial charge in [0.25, 0.3) is 5.91 Å². The summed E-state index contributed by atoms with van der Waals surface area (Å²) in [6, 6.07) is 10.2. The molecule has 0 spiro atoms. The number of nitrogens with zero attached hydrogens (tertiary/aromatic N) is 5. The Morgan fingerprint density at radius 2 is 1.78 bits per heavy atom. The summed E-state index contributed by atoms with van der Waals surface area (Å²) >= 11 is 0.990. The van der Waals surface area contributed by atoms with Crippen LogP contribution in [0.4, 0.5) is 0 Å². The van der Waals surface area contributed by atoms with Crippen LogP contribution in [-0.2, 0) is 10.0 Å². The minimum absolute atomic E-state index is 0.161. The van der Waals surface area contributed by atoms with Crippen LogP contribution < -0.4 is 0 Å². The van der Waals surface area contributed by atoms with Crippen LogP contribution >= 0.6 is 11.7 Å². The molecule has 0 bridgehead atoms. The van der Waals surface area contributed by atoms with E-state index in [4.69, 9.17) is 0 Å². The molecule has 0 N–H and O–H groups in total. The molecule has 0 aliphatic carbocycles. The lowest BCUT2D eigenvalue weighted by Crippen LogP contribution is -2.50. The van der Waals surface area contributed by atoms with Gasteiger partial charge in [-0.1, -0.05) is 12.1 Å². The van der Waals surface area contributed by atoms with E-state index in [1.807, 2.05) is 13.0 Å². The van der Waals surface area contributed by atoms with Gasteiger partial charge in [-0.2, -0.15) is 13.1 Å². The molecular weight excluding hydrogens is 386 g/mol. The summed E-state index contributed by atoms with van der Waals surface area (Å²) in [5.41, 5.74) is 2.11. The van der Waals surface area contributed by atoms with Crippen molar-refractivity contribution in [2.24, 2.45) is 0 Å². The highest BCUT2D eigenvalue weighted by atomic mass is 32.2. The maximum absolute atomic E-state index is 13.0. The van der Waals surface area contributed by atoms with Crippen molar-refractivity contribution in [2.45, 2.75) is 11.8 Å². The van der Waals surface area contributed by atoms with E-state index in [1.54, 1.807) is 35.2 Å². The lowest BCUT2D eigenvalue weighted by molar-refractivity contribution is 0.0692. The molecule has 3 heterocycles. The Morgan fingerprint density at radius 3 is 2.52 bits per heavy atom. The minimum atomic E-state index is -3.70. The molecule has 10 heteroatoms. The summed E-state index contributed by atoms with van der Waals surface area (Å²) in [5, 5.41) is 0. The third kappa shape index (κ3) is 3.31. The van der Waals surface area contributed by atoms with Crippen LogP contribution in [0.5, 0.6) is 0 Å². The van der Waals surface area contributed by atoms with Gasteiger partial charge in [0.1, 0.15) is 21.6 Å². The summed E-state index contributed by atoms with van der Waals surface area (Å²) in [6.07, 6.45) is 0. The molecule has 2 aromatic heterocycles. The largest absolute Gasteiger partial charge is 0.335 e. The van der Waals surface area contributed by atoms with Crippen LogP contribution in [0.2, 0.25) is 0 Å². The maximum atomic E-state index is 13.0. The topological polar surface area (TPSA) is 96.4 Å². The Labute approximate surface area is 160 Å². The first kappa shape index (κ1) is 18.0. The first-order valence-electron chi connectivity index (χ1n) is 8.41. The van der Waals surface area contributed by atoms with Crippen LogP contribution in [0.1, 0.15) is 16.2 Å². The molecule has 0 unspecified atom stereocenters. The Bertz CT molecular complexity index is 1100. The fourth-order valence-corrected chi connectivity index (χ4v) is 5.26. The Kier molecular flexibility index (Phi) is 4.62. The van der Waals surface area contributed by atoms with E-state index >= 15 is 0 Å². The number of hydrogen-bond donors (Lipinski definition) is 0. The number of amides is 1. The van der Waals surface area contributed by atoms with Crippen LogP contribution in [0.15, 0.2) is 41.3 Å². The quantitative estimate of drug-likeness (QED) is 0.658. The normalized spacial score (nSPS) is 16.0. The molecule has 27 heavy (non-hydrogen) atoms. The number of rotatable bonds is 3. The van der Waals surface area contributed by atoms with Crippen molar-refractivity contribution in [1.82, 2.24) is 22.9 Å². The van der Waals surface area contributed by atoms with Gasteiger partial charge in [-0.25, -0.2) is 13.4 Å². The van der Waals surface area contributed by atoms with Crippen molar-refractivity contribution in [3.63, 3.8) is 0 Å². The Hall–Kier alpha value is -2.43. The monoisotopic (exact) mass is 403 g/mol. The number of piperazine rings is 1. The standard InChI is InChI=1S/C17H17N5O3S2/c1-12-4-2-6-14(18-12)17(23)21-8-10-22(11-9-21)27(24,25)15-7-3-5-13-16(15)20-26-19-13/h2-7H,8-11H2,1H3. The molecule has 3 aromatic rings. The minimum Gasteiger partial charge on any atom is -0.335 e. The van der Waals surface area contributed by atoms with Crippen molar-refractivity contribution in [3.05, 3.63) is 47.8 Å². The molecule has 8 nitrogen and oxygen atoms in total. The summed E-state index contributed by atoms with van der Waals surface area (Å²) in [6.45, 7) is 2.93. The first-order valence-corrected chi connectivity index (χ1v) is 10.6. The number of fused-ring (bicyclic) bond motifs is 1. The fraction of sp³-hybridized carbons (Fsp3) is 0.294. The Morgan fingerprint density at radius 1 is 1.04 bits per heavy atom. The summed E-state index contributed by atoms with van der Waals surface area (Å²) < 4.78 is 35.7. The van der Waals surface area contributed by atoms with Crippen molar-refractivity contribution < 1.29 is 13.2 Å². The van der Waals surface area contributed by atoms with Gasteiger partial charge in [0.15, 0.2) is 0 Å². The van der Waals surface area contributed by atoms with Crippen LogP contribution in [0.3, 0.4) is 0 Å². The van der Waals surface area contributed by atoms with Crippen LogP contribution in [0, 0.1) is 6.92 Å². The summed E-state index contributed by atoms with van der Waals surface area (Å²) in [5.74, 6) is -0.179. The summed E-state index contributed by atoms with van der Waals surface area (Å²) in [4.78, 5) is 18.7. The van der Waals surface area contributed by atoms with Gasteiger partial charge in [0, 0.05) is 31.9 Å². The Balaban J connectivity index is 1.52. The van der Waals surface area contributed by atoms with E-state index < -0.39 is 10.0 Å². The summed E-state index contributed by atoms with van der Waals surface area (Å²) in [7, 11) is -3.70. The lowest BCUT2D eigenvalue weighted by Gasteiger charge is -2.33. The second-order valence-electron chi connectivity index (χ2n) is 6.25. The number of carbonyl (C=O) groups is 1. The second-order valence-corrected chi connectivity index (χ2v) is 8.68. The second kappa shape index (κ2) is 6.95. The number of carbonyl (C=O) groups excluding carboxylic acids is 1. The number of aryl methyl sites for hydroxylation is 1. The molecule has 140 valence electrons. The zero-order valence-electron chi connectivity index (χ0n) is 14.6. The van der Waals surface area contributed by atoms with Gasteiger partial charge in [-0.05, 0) is 31.2 Å². The molecule has 0 atom stereocenters. The number of sulfonamides is 1. The highest BCUT2D eigenvalue weighted by Crippen LogP contribution is 2.25. The third-order valence-corrected chi connectivity index (χ3v) is 6.97. The molecule has 1 aromatic carbocycles. The average Bonchev–Trinajstić information content (AvgIpc) is 3.16. The van der Waals surface area contributed by atoms with Crippen LogP contribution in [0.25, 0.3) is 11.0 Å². The van der Waals surface area contributed by atoms with Gasteiger partial charge >= 0.3 is 0 Å². The molecule has 1 amide bonds. The van der Waals surface area contributed by atoms with Gasteiger partial charge in [0.05, 0.1) is 11.7 Å². The van der Waals surface area contributed by atoms with E-state index in [0.717, 1.165) is 17.4 Å². The molecule has 1 fully saturated rings. The van der Waals surface area contributed by atoms with E-state index in [1.165, 1.54) is 4.31 Å². The molecule has 4 rings (SSSR count). The molecule has 0 radical (unpaired) electrons. The van der Waals surface area contributed by atoms with Gasteiger partial charge in [0.2, 0.25) is 10.0 Å². The van der Waals surface area contributed by atoms with E-state index in [9.17, 15) is 13.2 Å². The van der Waals surface area contributed by atoms with Crippen molar-refractivity contribution in [3.8, 4) is 0 Å².